The highest BCUT2D eigenvalue weighted by Crippen LogP contribution is 2.35. The van der Waals surface area contributed by atoms with E-state index < -0.39 is 11.6 Å². The number of imidazole rings is 1. The standard InChI is InChI=1S/C16H14F2N2S/c1-10(11-7-8-12(17)13(18)9-11)21-16-19-14-5-3-4-6-15(14)20(16)2/h3-10H,1-2H3. The van der Waals surface area contributed by atoms with Crippen molar-refractivity contribution in [3.05, 3.63) is 59.7 Å². The van der Waals surface area contributed by atoms with E-state index in [9.17, 15) is 8.78 Å². The fourth-order valence-electron chi connectivity index (χ4n) is 2.22. The highest BCUT2D eigenvalue weighted by atomic mass is 32.2. The lowest BCUT2D eigenvalue weighted by Crippen LogP contribution is -1.96. The Morgan fingerprint density at radius 3 is 2.57 bits per heavy atom. The molecule has 0 radical (unpaired) electrons. The van der Waals surface area contributed by atoms with Gasteiger partial charge in [0.15, 0.2) is 16.8 Å². The van der Waals surface area contributed by atoms with Gasteiger partial charge < -0.3 is 4.57 Å². The summed E-state index contributed by atoms with van der Waals surface area (Å²) in [6, 6.07) is 11.9. The second-order valence-corrected chi connectivity index (χ2v) is 6.18. The normalized spacial score (nSPS) is 12.8. The second kappa shape index (κ2) is 5.48. The molecule has 0 aliphatic rings. The zero-order valence-corrected chi connectivity index (χ0v) is 12.5. The maximum atomic E-state index is 13.3. The number of hydrogen-bond acceptors (Lipinski definition) is 2. The zero-order valence-electron chi connectivity index (χ0n) is 11.7. The van der Waals surface area contributed by atoms with Crippen LogP contribution in [0.15, 0.2) is 47.6 Å². The van der Waals surface area contributed by atoms with Crippen LogP contribution in [0.1, 0.15) is 17.7 Å². The topological polar surface area (TPSA) is 17.8 Å². The first-order valence-electron chi connectivity index (χ1n) is 6.59. The average molecular weight is 304 g/mol. The summed E-state index contributed by atoms with van der Waals surface area (Å²) in [7, 11) is 1.95. The molecular weight excluding hydrogens is 290 g/mol. The molecule has 0 spiro atoms. The van der Waals surface area contributed by atoms with Crippen molar-refractivity contribution >= 4 is 22.8 Å². The summed E-state index contributed by atoms with van der Waals surface area (Å²) in [6.07, 6.45) is 0. The van der Waals surface area contributed by atoms with Gasteiger partial charge in [-0.2, -0.15) is 0 Å². The van der Waals surface area contributed by atoms with Gasteiger partial charge in [0.25, 0.3) is 0 Å². The summed E-state index contributed by atoms with van der Waals surface area (Å²) < 4.78 is 28.3. The minimum Gasteiger partial charge on any atom is -0.322 e. The fourth-order valence-corrected chi connectivity index (χ4v) is 3.23. The molecule has 2 aromatic carbocycles. The third-order valence-corrected chi connectivity index (χ3v) is 4.64. The van der Waals surface area contributed by atoms with E-state index in [0.717, 1.165) is 27.8 Å². The van der Waals surface area contributed by atoms with Crippen LogP contribution >= 0.6 is 11.8 Å². The smallest absolute Gasteiger partial charge is 0.169 e. The highest BCUT2D eigenvalue weighted by molar-refractivity contribution is 7.99. The maximum Gasteiger partial charge on any atom is 0.169 e. The minimum absolute atomic E-state index is 0.0180. The van der Waals surface area contributed by atoms with Crippen molar-refractivity contribution in [2.75, 3.05) is 0 Å². The number of aromatic nitrogens is 2. The lowest BCUT2D eigenvalue weighted by Gasteiger charge is -2.11. The first kappa shape index (κ1) is 14.1. The van der Waals surface area contributed by atoms with E-state index in [1.54, 1.807) is 6.07 Å². The number of para-hydroxylation sites is 2. The number of thioether (sulfide) groups is 1. The van der Waals surface area contributed by atoms with E-state index in [0.29, 0.717) is 0 Å². The predicted octanol–water partition coefficient (Wildman–Crippen LogP) is 4.70. The van der Waals surface area contributed by atoms with E-state index in [-0.39, 0.29) is 5.25 Å². The van der Waals surface area contributed by atoms with Crippen LogP contribution in [0.5, 0.6) is 0 Å². The van der Waals surface area contributed by atoms with Crippen LogP contribution in [0.3, 0.4) is 0 Å². The molecule has 0 aliphatic carbocycles. The van der Waals surface area contributed by atoms with Gasteiger partial charge in [-0.05, 0) is 36.8 Å². The van der Waals surface area contributed by atoms with Gasteiger partial charge in [-0.1, -0.05) is 30.0 Å². The monoisotopic (exact) mass is 304 g/mol. The molecule has 108 valence electrons. The third kappa shape index (κ3) is 2.65. The number of fused-ring (bicyclic) bond motifs is 1. The molecule has 0 saturated carbocycles. The van der Waals surface area contributed by atoms with Gasteiger partial charge in [0.1, 0.15) is 0 Å². The summed E-state index contributed by atoms with van der Waals surface area (Å²) in [6.45, 7) is 1.96. The largest absolute Gasteiger partial charge is 0.322 e. The molecule has 0 saturated heterocycles. The Bertz CT molecular complexity index is 798. The van der Waals surface area contributed by atoms with Gasteiger partial charge in [-0.3, -0.25) is 0 Å². The van der Waals surface area contributed by atoms with Crippen LogP contribution in [0.25, 0.3) is 11.0 Å². The molecule has 0 bridgehead atoms. The maximum absolute atomic E-state index is 13.3. The summed E-state index contributed by atoms with van der Waals surface area (Å²) >= 11 is 1.53. The number of aryl methyl sites for hydroxylation is 1. The Labute approximate surface area is 125 Å². The van der Waals surface area contributed by atoms with Crippen molar-refractivity contribution in [2.45, 2.75) is 17.3 Å². The minimum atomic E-state index is -0.821. The number of nitrogens with zero attached hydrogens (tertiary/aromatic N) is 2. The molecule has 3 aromatic rings. The Balaban J connectivity index is 1.90. The number of rotatable bonds is 3. The molecule has 5 heteroatoms. The van der Waals surface area contributed by atoms with Crippen molar-refractivity contribution in [2.24, 2.45) is 7.05 Å². The molecule has 0 amide bonds. The van der Waals surface area contributed by atoms with Crippen LogP contribution in [0, 0.1) is 11.6 Å². The first-order valence-corrected chi connectivity index (χ1v) is 7.47. The van der Waals surface area contributed by atoms with Crippen LogP contribution in [-0.4, -0.2) is 9.55 Å². The molecule has 2 nitrogen and oxygen atoms in total. The van der Waals surface area contributed by atoms with Gasteiger partial charge in [-0.15, -0.1) is 0 Å². The van der Waals surface area contributed by atoms with Gasteiger partial charge >= 0.3 is 0 Å². The van der Waals surface area contributed by atoms with Crippen molar-refractivity contribution in [3.63, 3.8) is 0 Å². The van der Waals surface area contributed by atoms with E-state index >= 15 is 0 Å². The van der Waals surface area contributed by atoms with Crippen molar-refractivity contribution in [1.29, 1.82) is 0 Å². The molecule has 1 atom stereocenters. The van der Waals surface area contributed by atoms with Crippen LogP contribution < -0.4 is 0 Å². The average Bonchev–Trinajstić information content (AvgIpc) is 2.79. The third-order valence-electron chi connectivity index (χ3n) is 3.44. The number of halogens is 2. The summed E-state index contributed by atoms with van der Waals surface area (Å²) in [5.74, 6) is -1.64. The number of benzene rings is 2. The molecule has 21 heavy (non-hydrogen) atoms. The lowest BCUT2D eigenvalue weighted by atomic mass is 10.1. The van der Waals surface area contributed by atoms with Crippen molar-refractivity contribution < 1.29 is 8.78 Å². The van der Waals surface area contributed by atoms with Crippen molar-refractivity contribution in [1.82, 2.24) is 9.55 Å². The Kier molecular flexibility index (Phi) is 3.68. The molecule has 1 heterocycles. The molecule has 1 aromatic heterocycles. The second-order valence-electron chi connectivity index (χ2n) is 4.88. The van der Waals surface area contributed by atoms with Crippen molar-refractivity contribution in [3.8, 4) is 0 Å². The molecule has 0 N–H and O–H groups in total. The first-order chi connectivity index (χ1) is 10.1. The van der Waals surface area contributed by atoms with Gasteiger partial charge in [0.2, 0.25) is 0 Å². The van der Waals surface area contributed by atoms with Gasteiger partial charge in [0.05, 0.1) is 11.0 Å². The number of hydrogen-bond donors (Lipinski definition) is 0. The molecular formula is C16H14F2N2S. The van der Waals surface area contributed by atoms with E-state index in [1.165, 1.54) is 17.8 Å². The van der Waals surface area contributed by atoms with Gasteiger partial charge in [-0.25, -0.2) is 13.8 Å². The van der Waals surface area contributed by atoms with E-state index in [4.69, 9.17) is 0 Å². The highest BCUT2D eigenvalue weighted by Gasteiger charge is 2.15. The lowest BCUT2D eigenvalue weighted by molar-refractivity contribution is 0.507. The summed E-state index contributed by atoms with van der Waals surface area (Å²) in [5.41, 5.74) is 2.73. The zero-order chi connectivity index (χ0) is 15.0. The summed E-state index contributed by atoms with van der Waals surface area (Å²) in [5, 5.41) is 0.837. The molecule has 3 rings (SSSR count). The molecule has 0 aliphatic heterocycles. The summed E-state index contributed by atoms with van der Waals surface area (Å²) in [4.78, 5) is 4.58. The SMILES string of the molecule is CC(Sc1nc2ccccc2n1C)c1ccc(F)c(F)c1. The van der Waals surface area contributed by atoms with E-state index in [2.05, 4.69) is 4.98 Å². The van der Waals surface area contributed by atoms with Gasteiger partial charge in [0, 0.05) is 12.3 Å². The molecule has 1 unspecified atom stereocenters. The Hall–Kier alpha value is -1.88. The van der Waals surface area contributed by atoms with Crippen LogP contribution in [0.4, 0.5) is 8.78 Å². The Morgan fingerprint density at radius 2 is 1.86 bits per heavy atom. The van der Waals surface area contributed by atoms with Crippen LogP contribution in [0.2, 0.25) is 0 Å². The van der Waals surface area contributed by atoms with Crippen LogP contribution in [-0.2, 0) is 7.05 Å². The quantitative estimate of drug-likeness (QED) is 0.652. The fraction of sp³-hybridized carbons (Fsp3) is 0.188. The Morgan fingerprint density at radius 1 is 1.10 bits per heavy atom. The predicted molar refractivity (Wildman–Crippen MR) is 81.3 cm³/mol. The van der Waals surface area contributed by atoms with E-state index in [1.807, 2.05) is 42.8 Å². The molecule has 0 fully saturated rings.